The van der Waals surface area contributed by atoms with Gasteiger partial charge in [-0.15, -0.1) is 0 Å². The Hall–Kier alpha value is -1.82. The summed E-state index contributed by atoms with van der Waals surface area (Å²) in [5.41, 5.74) is 1.05. The highest BCUT2D eigenvalue weighted by molar-refractivity contribution is 9.10. The first-order valence-corrected chi connectivity index (χ1v) is 7.20. The van der Waals surface area contributed by atoms with Crippen LogP contribution in [-0.2, 0) is 13.0 Å². The zero-order valence-electron chi connectivity index (χ0n) is 11.0. The molecule has 104 valence electrons. The predicted octanol–water partition coefficient (Wildman–Crippen LogP) is 3.14. The van der Waals surface area contributed by atoms with Crippen LogP contribution in [0.15, 0.2) is 28.9 Å². The number of aryl methyl sites for hydroxylation is 1. The molecule has 1 aromatic heterocycles. The molecule has 0 unspecified atom stereocenters. The summed E-state index contributed by atoms with van der Waals surface area (Å²) >= 11 is 3.39. The highest BCUT2D eigenvalue weighted by atomic mass is 79.9. The minimum Gasteiger partial charge on any atom is -0.454 e. The summed E-state index contributed by atoms with van der Waals surface area (Å²) < 4.78 is 11.6. The van der Waals surface area contributed by atoms with Crippen LogP contribution < -0.4 is 14.8 Å². The third-order valence-electron chi connectivity index (χ3n) is 3.00. The second kappa shape index (κ2) is 5.66. The molecule has 0 saturated carbocycles. The van der Waals surface area contributed by atoms with Crippen molar-refractivity contribution in [2.24, 2.45) is 0 Å². The minimum absolute atomic E-state index is 0.283. The first kappa shape index (κ1) is 13.2. The molecule has 0 bridgehead atoms. The zero-order chi connectivity index (χ0) is 13.9. The Bertz CT molecular complexity index is 634. The van der Waals surface area contributed by atoms with Crippen molar-refractivity contribution in [1.82, 2.24) is 9.97 Å². The molecular formula is C14H14BrN3O2. The number of fused-ring (bicyclic) bond motifs is 1. The molecular weight excluding hydrogens is 322 g/mol. The fourth-order valence-corrected chi connectivity index (χ4v) is 2.45. The van der Waals surface area contributed by atoms with E-state index >= 15 is 0 Å². The summed E-state index contributed by atoms with van der Waals surface area (Å²) in [6, 6.07) is 7.73. The predicted molar refractivity (Wildman–Crippen MR) is 79.0 cm³/mol. The molecule has 1 aromatic carbocycles. The zero-order valence-corrected chi connectivity index (χ0v) is 12.6. The van der Waals surface area contributed by atoms with Gasteiger partial charge in [-0.25, -0.2) is 9.97 Å². The Kier molecular flexibility index (Phi) is 3.73. The molecule has 2 aromatic rings. The number of para-hydroxylation sites is 1. The van der Waals surface area contributed by atoms with E-state index in [0.29, 0.717) is 6.54 Å². The van der Waals surface area contributed by atoms with Gasteiger partial charge in [0.1, 0.15) is 16.2 Å². The number of hydrogen-bond donors (Lipinski definition) is 1. The molecule has 6 heteroatoms. The van der Waals surface area contributed by atoms with Gasteiger partial charge < -0.3 is 14.8 Å². The van der Waals surface area contributed by atoms with E-state index in [-0.39, 0.29) is 6.79 Å². The molecule has 1 aliphatic rings. The molecule has 0 spiro atoms. The summed E-state index contributed by atoms with van der Waals surface area (Å²) in [7, 11) is 0. The Labute approximate surface area is 125 Å². The number of anilines is 1. The Morgan fingerprint density at radius 3 is 3.05 bits per heavy atom. The molecule has 0 aliphatic carbocycles. The lowest BCUT2D eigenvalue weighted by Gasteiger charge is -2.09. The van der Waals surface area contributed by atoms with Gasteiger partial charge in [-0.3, -0.25) is 0 Å². The monoisotopic (exact) mass is 335 g/mol. The fraction of sp³-hybridized carbons (Fsp3) is 0.286. The van der Waals surface area contributed by atoms with Crippen LogP contribution in [0.25, 0.3) is 0 Å². The second-order valence-corrected chi connectivity index (χ2v) is 5.16. The van der Waals surface area contributed by atoms with Crippen LogP contribution in [0.2, 0.25) is 0 Å². The van der Waals surface area contributed by atoms with Gasteiger partial charge >= 0.3 is 0 Å². The normalized spacial score (nSPS) is 12.5. The number of aromatic nitrogens is 2. The summed E-state index contributed by atoms with van der Waals surface area (Å²) in [5.74, 6) is 3.20. The molecule has 3 rings (SSSR count). The maximum atomic E-state index is 5.48. The number of benzene rings is 1. The Morgan fingerprint density at radius 2 is 2.20 bits per heavy atom. The number of rotatable bonds is 4. The quantitative estimate of drug-likeness (QED) is 0.870. The standard InChI is InChI=1S/C14H14BrN3O2/c1-2-12-17-11(15)6-13(18-12)16-7-9-4-3-5-10-14(9)20-8-19-10/h3-6H,2,7-8H2,1H3,(H,16,17,18). The van der Waals surface area contributed by atoms with E-state index in [9.17, 15) is 0 Å². The number of hydrogen-bond acceptors (Lipinski definition) is 5. The van der Waals surface area contributed by atoms with Crippen molar-refractivity contribution in [3.8, 4) is 11.5 Å². The molecule has 1 N–H and O–H groups in total. The van der Waals surface area contributed by atoms with Crippen molar-refractivity contribution < 1.29 is 9.47 Å². The van der Waals surface area contributed by atoms with Gasteiger partial charge in [0.2, 0.25) is 6.79 Å². The molecule has 5 nitrogen and oxygen atoms in total. The average Bonchev–Trinajstić information content (AvgIpc) is 2.93. The van der Waals surface area contributed by atoms with Crippen LogP contribution in [0.1, 0.15) is 18.3 Å². The molecule has 0 amide bonds. The van der Waals surface area contributed by atoms with E-state index in [4.69, 9.17) is 9.47 Å². The third kappa shape index (κ3) is 2.70. The van der Waals surface area contributed by atoms with Crippen LogP contribution in [0.5, 0.6) is 11.5 Å². The second-order valence-electron chi connectivity index (χ2n) is 4.35. The van der Waals surface area contributed by atoms with Crippen LogP contribution >= 0.6 is 15.9 Å². The first-order chi connectivity index (χ1) is 9.76. The smallest absolute Gasteiger partial charge is 0.231 e. The number of ether oxygens (including phenoxy) is 2. The SMILES string of the molecule is CCc1nc(Br)cc(NCc2cccc3c2OCO3)n1. The number of halogens is 1. The van der Waals surface area contributed by atoms with E-state index in [1.807, 2.05) is 31.2 Å². The summed E-state index contributed by atoms with van der Waals surface area (Å²) in [6.07, 6.45) is 0.797. The van der Waals surface area contributed by atoms with Crippen molar-refractivity contribution in [2.75, 3.05) is 12.1 Å². The number of nitrogens with one attached hydrogen (secondary N) is 1. The van der Waals surface area contributed by atoms with Gasteiger partial charge in [0.15, 0.2) is 11.5 Å². The Morgan fingerprint density at radius 1 is 1.30 bits per heavy atom. The van der Waals surface area contributed by atoms with Gasteiger partial charge in [-0.05, 0) is 22.0 Å². The largest absolute Gasteiger partial charge is 0.454 e. The van der Waals surface area contributed by atoms with Crippen molar-refractivity contribution in [3.63, 3.8) is 0 Å². The molecule has 0 fully saturated rings. The van der Waals surface area contributed by atoms with E-state index in [1.54, 1.807) is 0 Å². The average molecular weight is 336 g/mol. The molecule has 0 saturated heterocycles. The van der Waals surface area contributed by atoms with Crippen molar-refractivity contribution >= 4 is 21.7 Å². The first-order valence-electron chi connectivity index (χ1n) is 6.41. The highest BCUT2D eigenvalue weighted by Gasteiger charge is 2.16. The maximum absolute atomic E-state index is 5.48. The molecule has 1 aliphatic heterocycles. The van der Waals surface area contributed by atoms with Gasteiger partial charge in [0.05, 0.1) is 0 Å². The van der Waals surface area contributed by atoms with Crippen molar-refractivity contribution in [3.05, 3.63) is 40.3 Å². The number of nitrogens with zero attached hydrogens (tertiary/aromatic N) is 2. The lowest BCUT2D eigenvalue weighted by molar-refractivity contribution is 0.173. The maximum Gasteiger partial charge on any atom is 0.231 e. The van der Waals surface area contributed by atoms with Gasteiger partial charge in [0.25, 0.3) is 0 Å². The molecule has 2 heterocycles. The van der Waals surface area contributed by atoms with Crippen molar-refractivity contribution in [2.45, 2.75) is 19.9 Å². The Balaban J connectivity index is 1.77. The molecule has 0 atom stereocenters. The van der Waals surface area contributed by atoms with E-state index in [1.165, 1.54) is 0 Å². The van der Waals surface area contributed by atoms with E-state index in [2.05, 4.69) is 31.2 Å². The third-order valence-corrected chi connectivity index (χ3v) is 3.40. The molecule has 0 radical (unpaired) electrons. The van der Waals surface area contributed by atoms with Crippen LogP contribution in [0.3, 0.4) is 0 Å². The van der Waals surface area contributed by atoms with Gasteiger partial charge in [0, 0.05) is 24.6 Å². The summed E-state index contributed by atoms with van der Waals surface area (Å²) in [5, 5.41) is 3.29. The van der Waals surface area contributed by atoms with Crippen LogP contribution in [0.4, 0.5) is 5.82 Å². The molecule has 20 heavy (non-hydrogen) atoms. The van der Waals surface area contributed by atoms with Crippen LogP contribution in [0, 0.1) is 0 Å². The van der Waals surface area contributed by atoms with E-state index < -0.39 is 0 Å². The topological polar surface area (TPSA) is 56.3 Å². The summed E-state index contributed by atoms with van der Waals surface area (Å²) in [6.45, 7) is 2.94. The summed E-state index contributed by atoms with van der Waals surface area (Å²) in [4.78, 5) is 8.72. The van der Waals surface area contributed by atoms with Gasteiger partial charge in [-0.1, -0.05) is 19.1 Å². The van der Waals surface area contributed by atoms with E-state index in [0.717, 1.165) is 39.7 Å². The van der Waals surface area contributed by atoms with Crippen LogP contribution in [-0.4, -0.2) is 16.8 Å². The lowest BCUT2D eigenvalue weighted by Crippen LogP contribution is -2.05. The highest BCUT2D eigenvalue weighted by Crippen LogP contribution is 2.35. The fourth-order valence-electron chi connectivity index (χ4n) is 2.03. The lowest BCUT2D eigenvalue weighted by atomic mass is 10.2. The minimum atomic E-state index is 0.283. The van der Waals surface area contributed by atoms with Crippen molar-refractivity contribution in [1.29, 1.82) is 0 Å². The van der Waals surface area contributed by atoms with Gasteiger partial charge in [-0.2, -0.15) is 0 Å².